The second-order valence-corrected chi connectivity index (χ2v) is 4.33. The van der Waals surface area contributed by atoms with Crippen LogP contribution in [0.1, 0.15) is 0 Å². The highest BCUT2D eigenvalue weighted by Gasteiger charge is 2.13. The lowest BCUT2D eigenvalue weighted by Crippen LogP contribution is -2.43. The Balaban J connectivity index is 2.13. The molecule has 0 aliphatic carbocycles. The summed E-state index contributed by atoms with van der Waals surface area (Å²) < 4.78 is 0.914. The minimum atomic E-state index is 0.914. The predicted octanol–water partition coefficient (Wildman–Crippen LogP) is 1.81. The Morgan fingerprint density at radius 3 is 2.75 bits per heavy atom. The zero-order valence-corrected chi connectivity index (χ0v) is 8.29. The topological polar surface area (TPSA) is 15.3 Å². The first-order chi connectivity index (χ1) is 5.88. The van der Waals surface area contributed by atoms with Crippen LogP contribution in [0, 0.1) is 0 Å². The average molecular weight is 203 g/mol. The molecule has 2 heterocycles. The van der Waals surface area contributed by atoms with Gasteiger partial charge in [-0.1, -0.05) is 11.6 Å². The van der Waals surface area contributed by atoms with E-state index in [2.05, 4.69) is 16.3 Å². The molecule has 0 amide bonds. The molecule has 4 heteroatoms. The van der Waals surface area contributed by atoms with E-state index in [4.69, 9.17) is 11.6 Å². The van der Waals surface area contributed by atoms with Crippen molar-refractivity contribution in [1.82, 2.24) is 5.32 Å². The van der Waals surface area contributed by atoms with Gasteiger partial charge in [-0.25, -0.2) is 0 Å². The highest BCUT2D eigenvalue weighted by Crippen LogP contribution is 2.31. The molecule has 1 aromatic rings. The van der Waals surface area contributed by atoms with Crippen LogP contribution in [-0.2, 0) is 0 Å². The maximum atomic E-state index is 6.03. The van der Waals surface area contributed by atoms with Crippen LogP contribution in [0.5, 0.6) is 0 Å². The molecule has 0 atom stereocenters. The van der Waals surface area contributed by atoms with Gasteiger partial charge in [0.05, 0.1) is 5.69 Å². The van der Waals surface area contributed by atoms with Crippen molar-refractivity contribution in [2.24, 2.45) is 0 Å². The van der Waals surface area contributed by atoms with Crippen molar-refractivity contribution < 1.29 is 0 Å². The highest BCUT2D eigenvalue weighted by atomic mass is 35.5. The summed E-state index contributed by atoms with van der Waals surface area (Å²) in [6, 6.07) is 2.10. The molecule has 1 aliphatic heterocycles. The maximum absolute atomic E-state index is 6.03. The summed E-state index contributed by atoms with van der Waals surface area (Å²) >= 11 is 7.63. The number of rotatable bonds is 1. The Morgan fingerprint density at radius 2 is 2.17 bits per heavy atom. The molecule has 0 spiro atoms. The Kier molecular flexibility index (Phi) is 2.54. The summed E-state index contributed by atoms with van der Waals surface area (Å²) in [5.41, 5.74) is 1.20. The summed E-state index contributed by atoms with van der Waals surface area (Å²) in [5.74, 6) is 0. The van der Waals surface area contributed by atoms with Crippen molar-refractivity contribution in [3.8, 4) is 0 Å². The zero-order valence-electron chi connectivity index (χ0n) is 6.72. The molecule has 1 saturated heterocycles. The highest BCUT2D eigenvalue weighted by molar-refractivity contribution is 7.15. The summed E-state index contributed by atoms with van der Waals surface area (Å²) in [6.07, 6.45) is 0. The van der Waals surface area contributed by atoms with Gasteiger partial charge >= 0.3 is 0 Å². The van der Waals surface area contributed by atoms with Gasteiger partial charge in [-0.05, 0) is 11.4 Å². The van der Waals surface area contributed by atoms with Crippen LogP contribution in [-0.4, -0.2) is 26.2 Å². The number of halogens is 1. The van der Waals surface area contributed by atoms with Gasteiger partial charge in [0.25, 0.3) is 0 Å². The standard InChI is InChI=1S/C8H11ClN2S/c9-8-7(1-6-12-8)11-4-2-10-3-5-11/h1,6,10H,2-5H2. The Labute approximate surface area is 81.1 Å². The van der Waals surface area contributed by atoms with Gasteiger partial charge in [0.2, 0.25) is 0 Å². The van der Waals surface area contributed by atoms with Crippen LogP contribution in [0.3, 0.4) is 0 Å². The van der Waals surface area contributed by atoms with E-state index in [9.17, 15) is 0 Å². The monoisotopic (exact) mass is 202 g/mol. The normalized spacial score (nSPS) is 18.2. The van der Waals surface area contributed by atoms with Gasteiger partial charge in [-0.3, -0.25) is 0 Å². The molecule has 1 aliphatic rings. The summed E-state index contributed by atoms with van der Waals surface area (Å²) in [5, 5.41) is 5.36. The summed E-state index contributed by atoms with van der Waals surface area (Å²) in [4.78, 5) is 2.33. The van der Waals surface area contributed by atoms with Gasteiger partial charge in [0.15, 0.2) is 0 Å². The number of hydrogen-bond donors (Lipinski definition) is 1. The molecule has 1 N–H and O–H groups in total. The number of nitrogens with zero attached hydrogens (tertiary/aromatic N) is 1. The summed E-state index contributed by atoms with van der Waals surface area (Å²) in [6.45, 7) is 4.26. The van der Waals surface area contributed by atoms with E-state index in [1.807, 2.05) is 5.38 Å². The van der Waals surface area contributed by atoms with E-state index >= 15 is 0 Å². The Hall–Kier alpha value is -0.250. The molecule has 2 rings (SSSR count). The lowest BCUT2D eigenvalue weighted by Gasteiger charge is -2.28. The molecule has 1 fully saturated rings. The second-order valence-electron chi connectivity index (χ2n) is 2.82. The molecule has 2 nitrogen and oxygen atoms in total. The third-order valence-electron chi connectivity index (χ3n) is 2.06. The fraction of sp³-hybridized carbons (Fsp3) is 0.500. The van der Waals surface area contributed by atoms with E-state index in [1.165, 1.54) is 5.69 Å². The van der Waals surface area contributed by atoms with Gasteiger partial charge < -0.3 is 10.2 Å². The first kappa shape index (κ1) is 8.35. The minimum Gasteiger partial charge on any atom is -0.367 e. The Morgan fingerprint density at radius 1 is 1.42 bits per heavy atom. The number of nitrogens with one attached hydrogen (secondary N) is 1. The number of anilines is 1. The average Bonchev–Trinajstić information content (AvgIpc) is 2.53. The molecule has 0 radical (unpaired) electrons. The van der Waals surface area contributed by atoms with Crippen molar-refractivity contribution in [2.75, 3.05) is 31.1 Å². The molecule has 0 saturated carbocycles. The van der Waals surface area contributed by atoms with Gasteiger partial charge in [0.1, 0.15) is 4.34 Å². The summed E-state index contributed by atoms with van der Waals surface area (Å²) in [7, 11) is 0. The van der Waals surface area contributed by atoms with Crippen LogP contribution < -0.4 is 10.2 Å². The van der Waals surface area contributed by atoms with E-state index in [1.54, 1.807) is 11.3 Å². The van der Waals surface area contributed by atoms with Crippen LogP contribution in [0.2, 0.25) is 4.34 Å². The van der Waals surface area contributed by atoms with E-state index in [0.717, 1.165) is 30.5 Å². The second kappa shape index (κ2) is 3.64. The van der Waals surface area contributed by atoms with Crippen LogP contribution in [0.4, 0.5) is 5.69 Å². The van der Waals surface area contributed by atoms with Crippen LogP contribution in [0.15, 0.2) is 11.4 Å². The first-order valence-corrected chi connectivity index (χ1v) is 5.32. The van der Waals surface area contributed by atoms with Crippen molar-refractivity contribution in [3.05, 3.63) is 15.8 Å². The minimum absolute atomic E-state index is 0.914. The van der Waals surface area contributed by atoms with Gasteiger partial charge in [-0.2, -0.15) is 0 Å². The third kappa shape index (κ3) is 1.58. The number of piperazine rings is 1. The molecular weight excluding hydrogens is 192 g/mol. The van der Waals surface area contributed by atoms with Gasteiger partial charge in [0, 0.05) is 26.2 Å². The van der Waals surface area contributed by atoms with E-state index in [-0.39, 0.29) is 0 Å². The van der Waals surface area contributed by atoms with Crippen LogP contribution >= 0.6 is 22.9 Å². The predicted molar refractivity (Wildman–Crippen MR) is 54.4 cm³/mol. The number of thiophene rings is 1. The smallest absolute Gasteiger partial charge is 0.116 e. The van der Waals surface area contributed by atoms with E-state index in [0.29, 0.717) is 0 Å². The molecule has 0 unspecified atom stereocenters. The lowest BCUT2D eigenvalue weighted by molar-refractivity contribution is 0.590. The largest absolute Gasteiger partial charge is 0.367 e. The van der Waals surface area contributed by atoms with Crippen molar-refractivity contribution >= 4 is 28.6 Å². The Bertz CT molecular complexity index is 255. The lowest BCUT2D eigenvalue weighted by atomic mass is 10.3. The van der Waals surface area contributed by atoms with Gasteiger partial charge in [-0.15, -0.1) is 11.3 Å². The molecular formula is C8H11ClN2S. The van der Waals surface area contributed by atoms with E-state index < -0.39 is 0 Å². The molecule has 1 aromatic heterocycles. The number of hydrogen-bond acceptors (Lipinski definition) is 3. The fourth-order valence-electron chi connectivity index (χ4n) is 1.42. The third-order valence-corrected chi connectivity index (χ3v) is 3.21. The van der Waals surface area contributed by atoms with Crippen molar-refractivity contribution in [2.45, 2.75) is 0 Å². The van der Waals surface area contributed by atoms with Crippen molar-refractivity contribution in [1.29, 1.82) is 0 Å². The zero-order chi connectivity index (χ0) is 8.39. The quantitative estimate of drug-likeness (QED) is 0.748. The molecule has 0 aromatic carbocycles. The fourth-order valence-corrected chi connectivity index (χ4v) is 2.39. The van der Waals surface area contributed by atoms with Crippen molar-refractivity contribution in [3.63, 3.8) is 0 Å². The molecule has 12 heavy (non-hydrogen) atoms. The molecule has 66 valence electrons. The molecule has 0 bridgehead atoms. The SMILES string of the molecule is Clc1sccc1N1CCNCC1. The maximum Gasteiger partial charge on any atom is 0.116 e. The first-order valence-electron chi connectivity index (χ1n) is 4.06. The van der Waals surface area contributed by atoms with Crippen LogP contribution in [0.25, 0.3) is 0 Å².